The predicted molar refractivity (Wildman–Crippen MR) is 53.8 cm³/mol. The fourth-order valence-corrected chi connectivity index (χ4v) is 0.960. The van der Waals surface area contributed by atoms with Crippen LogP contribution in [0.25, 0.3) is 0 Å². The summed E-state index contributed by atoms with van der Waals surface area (Å²) in [6, 6.07) is 2.82. The van der Waals surface area contributed by atoms with Crippen molar-refractivity contribution in [3.63, 3.8) is 0 Å². The normalized spacial score (nSPS) is 9.67. The van der Waals surface area contributed by atoms with Crippen LogP contribution in [0.15, 0.2) is 18.3 Å². The van der Waals surface area contributed by atoms with E-state index in [1.807, 2.05) is 0 Å². The van der Waals surface area contributed by atoms with E-state index in [4.69, 9.17) is 5.11 Å². The molecule has 80 valence electrons. The van der Waals surface area contributed by atoms with Crippen molar-refractivity contribution < 1.29 is 14.7 Å². The molecule has 15 heavy (non-hydrogen) atoms. The number of likely N-dealkylation sites (N-methyl/N-ethyl adjacent to an activating group) is 1. The fourth-order valence-electron chi connectivity index (χ4n) is 0.960. The molecule has 0 spiro atoms. The minimum absolute atomic E-state index is 0.0541. The number of aromatic carboxylic acids is 1. The van der Waals surface area contributed by atoms with E-state index < -0.39 is 5.97 Å². The minimum Gasteiger partial charge on any atom is -0.477 e. The van der Waals surface area contributed by atoms with Crippen molar-refractivity contribution >= 4 is 17.6 Å². The minimum atomic E-state index is -1.09. The molecule has 0 fully saturated rings. The number of amides is 1. The van der Waals surface area contributed by atoms with E-state index in [1.54, 1.807) is 7.05 Å². The summed E-state index contributed by atoms with van der Waals surface area (Å²) in [7, 11) is 1.66. The Labute approximate surface area is 86.3 Å². The summed E-state index contributed by atoms with van der Waals surface area (Å²) in [5.74, 6) is -1.30. The quantitative estimate of drug-likeness (QED) is 0.646. The average Bonchev–Trinajstić information content (AvgIpc) is 2.18. The Balaban J connectivity index is 2.64. The standard InChI is InChI=1S/C9H11N3O3/c1-10-5-8(13)12-6-2-3-7(9(14)15)11-4-6/h2-4,10H,5H2,1H3,(H,12,13)(H,14,15). The lowest BCUT2D eigenvalue weighted by molar-refractivity contribution is -0.115. The van der Waals surface area contributed by atoms with Crippen molar-refractivity contribution in [2.75, 3.05) is 18.9 Å². The number of carboxylic acids is 1. The van der Waals surface area contributed by atoms with Gasteiger partial charge in [0.15, 0.2) is 0 Å². The summed E-state index contributed by atoms with van der Waals surface area (Å²) < 4.78 is 0. The third-order valence-electron chi connectivity index (χ3n) is 1.60. The number of rotatable bonds is 4. The van der Waals surface area contributed by atoms with Crippen LogP contribution in [-0.2, 0) is 4.79 Å². The highest BCUT2D eigenvalue weighted by molar-refractivity contribution is 5.92. The number of pyridine rings is 1. The molecule has 1 aromatic rings. The van der Waals surface area contributed by atoms with Crippen LogP contribution >= 0.6 is 0 Å². The zero-order valence-electron chi connectivity index (χ0n) is 8.15. The summed E-state index contributed by atoms with van der Waals surface area (Å²) in [6.45, 7) is 0.195. The first-order valence-corrected chi connectivity index (χ1v) is 4.27. The maximum Gasteiger partial charge on any atom is 0.354 e. The third-order valence-corrected chi connectivity index (χ3v) is 1.60. The van der Waals surface area contributed by atoms with Gasteiger partial charge in [-0.3, -0.25) is 4.79 Å². The van der Waals surface area contributed by atoms with Gasteiger partial charge in [0.2, 0.25) is 5.91 Å². The van der Waals surface area contributed by atoms with Crippen molar-refractivity contribution in [2.45, 2.75) is 0 Å². The van der Waals surface area contributed by atoms with Gasteiger partial charge in [0.1, 0.15) is 5.69 Å². The second-order valence-corrected chi connectivity index (χ2v) is 2.82. The lowest BCUT2D eigenvalue weighted by atomic mass is 10.3. The molecule has 0 atom stereocenters. The Bertz CT molecular complexity index is 361. The lowest BCUT2D eigenvalue weighted by Crippen LogP contribution is -2.25. The Morgan fingerprint density at radius 2 is 2.20 bits per heavy atom. The number of hydrogen-bond acceptors (Lipinski definition) is 4. The number of hydrogen-bond donors (Lipinski definition) is 3. The van der Waals surface area contributed by atoms with Crippen molar-refractivity contribution in [1.29, 1.82) is 0 Å². The van der Waals surface area contributed by atoms with Gasteiger partial charge in [-0.15, -0.1) is 0 Å². The molecule has 6 heteroatoms. The molecule has 1 heterocycles. The van der Waals surface area contributed by atoms with E-state index in [0.717, 1.165) is 0 Å². The van der Waals surface area contributed by atoms with E-state index in [0.29, 0.717) is 5.69 Å². The molecular formula is C9H11N3O3. The van der Waals surface area contributed by atoms with Gasteiger partial charge in [-0.25, -0.2) is 9.78 Å². The zero-order valence-corrected chi connectivity index (χ0v) is 8.15. The summed E-state index contributed by atoms with van der Waals surface area (Å²) in [6.07, 6.45) is 1.30. The first kappa shape index (κ1) is 11.1. The van der Waals surface area contributed by atoms with Crippen molar-refractivity contribution in [2.24, 2.45) is 0 Å². The number of nitrogens with zero attached hydrogens (tertiary/aromatic N) is 1. The smallest absolute Gasteiger partial charge is 0.354 e. The summed E-state index contributed by atoms with van der Waals surface area (Å²) >= 11 is 0. The topological polar surface area (TPSA) is 91.3 Å². The molecule has 0 bridgehead atoms. The van der Waals surface area contributed by atoms with Crippen molar-refractivity contribution in [3.8, 4) is 0 Å². The fraction of sp³-hybridized carbons (Fsp3) is 0.222. The van der Waals surface area contributed by atoms with Gasteiger partial charge in [0.05, 0.1) is 18.4 Å². The second kappa shape index (κ2) is 5.06. The van der Waals surface area contributed by atoms with E-state index >= 15 is 0 Å². The molecule has 0 saturated heterocycles. The van der Waals surface area contributed by atoms with Crippen molar-refractivity contribution in [3.05, 3.63) is 24.0 Å². The van der Waals surface area contributed by atoms with Gasteiger partial charge in [-0.2, -0.15) is 0 Å². The van der Waals surface area contributed by atoms with Crippen LogP contribution in [0.4, 0.5) is 5.69 Å². The van der Waals surface area contributed by atoms with E-state index in [-0.39, 0.29) is 18.1 Å². The SMILES string of the molecule is CNCC(=O)Nc1ccc(C(=O)O)nc1. The average molecular weight is 209 g/mol. The summed E-state index contributed by atoms with van der Waals surface area (Å²) in [5, 5.41) is 13.8. The number of aromatic nitrogens is 1. The van der Waals surface area contributed by atoms with Crippen LogP contribution in [0, 0.1) is 0 Å². The molecule has 1 amide bonds. The van der Waals surface area contributed by atoms with Gasteiger partial charge in [0.25, 0.3) is 0 Å². The summed E-state index contributed by atoms with van der Waals surface area (Å²) in [4.78, 5) is 25.2. The molecule has 0 aliphatic carbocycles. The maximum atomic E-state index is 11.1. The molecular weight excluding hydrogens is 198 g/mol. The van der Waals surface area contributed by atoms with Gasteiger partial charge in [-0.05, 0) is 19.2 Å². The monoisotopic (exact) mass is 209 g/mol. The highest BCUT2D eigenvalue weighted by atomic mass is 16.4. The lowest BCUT2D eigenvalue weighted by Gasteiger charge is -2.03. The zero-order chi connectivity index (χ0) is 11.3. The highest BCUT2D eigenvalue weighted by Gasteiger charge is 2.05. The molecule has 0 radical (unpaired) electrons. The Morgan fingerprint density at radius 3 is 2.67 bits per heavy atom. The predicted octanol–water partition coefficient (Wildman–Crippen LogP) is -0.0623. The van der Waals surface area contributed by atoms with Crippen LogP contribution < -0.4 is 10.6 Å². The molecule has 0 saturated carbocycles. The highest BCUT2D eigenvalue weighted by Crippen LogP contribution is 2.05. The van der Waals surface area contributed by atoms with Crippen molar-refractivity contribution in [1.82, 2.24) is 10.3 Å². The van der Waals surface area contributed by atoms with Gasteiger partial charge >= 0.3 is 5.97 Å². The second-order valence-electron chi connectivity index (χ2n) is 2.82. The summed E-state index contributed by atoms with van der Waals surface area (Å²) in [5.41, 5.74) is 0.418. The van der Waals surface area contributed by atoms with Crippen LogP contribution in [0.2, 0.25) is 0 Å². The van der Waals surface area contributed by atoms with E-state index in [9.17, 15) is 9.59 Å². The van der Waals surface area contributed by atoms with Crippen LogP contribution in [0.1, 0.15) is 10.5 Å². The molecule has 0 aromatic carbocycles. The molecule has 0 aliphatic heterocycles. The molecule has 1 aromatic heterocycles. The molecule has 0 aliphatic rings. The number of carbonyl (C=O) groups is 2. The first-order chi connectivity index (χ1) is 7.13. The number of nitrogens with one attached hydrogen (secondary N) is 2. The van der Waals surface area contributed by atoms with Crippen LogP contribution in [-0.4, -0.2) is 35.6 Å². The van der Waals surface area contributed by atoms with Gasteiger partial charge in [-0.1, -0.05) is 0 Å². The maximum absolute atomic E-state index is 11.1. The number of carbonyl (C=O) groups excluding carboxylic acids is 1. The van der Waals surface area contributed by atoms with Crippen LogP contribution in [0.3, 0.4) is 0 Å². The number of anilines is 1. The largest absolute Gasteiger partial charge is 0.477 e. The number of carboxylic acid groups (broad SMARTS) is 1. The van der Waals surface area contributed by atoms with Gasteiger partial charge in [0, 0.05) is 0 Å². The van der Waals surface area contributed by atoms with Gasteiger partial charge < -0.3 is 15.7 Å². The molecule has 3 N–H and O–H groups in total. The third kappa shape index (κ3) is 3.35. The Morgan fingerprint density at radius 1 is 1.47 bits per heavy atom. The molecule has 0 unspecified atom stereocenters. The van der Waals surface area contributed by atoms with Crippen LogP contribution in [0.5, 0.6) is 0 Å². The Kier molecular flexibility index (Phi) is 3.75. The van der Waals surface area contributed by atoms with E-state index in [1.165, 1.54) is 18.3 Å². The molecule has 1 rings (SSSR count). The first-order valence-electron chi connectivity index (χ1n) is 4.27. The Hall–Kier alpha value is -1.95. The molecule has 6 nitrogen and oxygen atoms in total. The van der Waals surface area contributed by atoms with E-state index in [2.05, 4.69) is 15.6 Å².